The first kappa shape index (κ1) is 10.1. The topological polar surface area (TPSA) is 35.0 Å². The molecule has 0 bridgehead atoms. The molecule has 16 heavy (non-hydrogen) atoms. The third-order valence-electron chi connectivity index (χ3n) is 3.69. The Kier molecular flexibility index (Phi) is 2.54. The minimum Gasteiger partial charge on any atom is -0.460 e. The second-order valence-corrected chi connectivity index (χ2v) is 4.89. The Balaban J connectivity index is 1.82. The lowest BCUT2D eigenvalue weighted by molar-refractivity contribution is 0.191. The summed E-state index contributed by atoms with van der Waals surface area (Å²) in [5, 5.41) is 0. The fourth-order valence-corrected chi connectivity index (χ4v) is 2.80. The van der Waals surface area contributed by atoms with Crippen LogP contribution in [0, 0.1) is 6.92 Å². The van der Waals surface area contributed by atoms with E-state index in [1.54, 1.807) is 0 Å². The van der Waals surface area contributed by atoms with Gasteiger partial charge in [-0.1, -0.05) is 0 Å². The molecule has 1 fully saturated rings. The van der Waals surface area contributed by atoms with Crippen molar-refractivity contribution < 1.29 is 4.74 Å². The van der Waals surface area contributed by atoms with Gasteiger partial charge in [-0.3, -0.25) is 0 Å². The monoisotopic (exact) mass is 218 g/mol. The summed E-state index contributed by atoms with van der Waals surface area (Å²) in [5.74, 6) is 0. The Bertz CT molecular complexity index is 397. The van der Waals surface area contributed by atoms with Crippen LogP contribution in [-0.2, 0) is 12.8 Å². The predicted octanol–water partition coefficient (Wildman–Crippen LogP) is 2.60. The van der Waals surface area contributed by atoms with Crippen molar-refractivity contribution in [3.8, 4) is 6.01 Å². The molecule has 1 aromatic rings. The fraction of sp³-hybridized carbons (Fsp3) is 0.692. The van der Waals surface area contributed by atoms with Crippen LogP contribution in [0.3, 0.4) is 0 Å². The summed E-state index contributed by atoms with van der Waals surface area (Å²) in [6.07, 6.45) is 8.73. The van der Waals surface area contributed by atoms with Crippen LogP contribution in [-0.4, -0.2) is 16.1 Å². The van der Waals surface area contributed by atoms with Gasteiger partial charge in [-0.25, -0.2) is 4.98 Å². The molecule has 0 N–H and O–H groups in total. The number of aromatic nitrogens is 2. The maximum absolute atomic E-state index is 5.86. The number of ether oxygens (including phenoxy) is 1. The van der Waals surface area contributed by atoms with Crippen molar-refractivity contribution in [2.24, 2.45) is 0 Å². The molecule has 0 radical (unpaired) electrons. The van der Waals surface area contributed by atoms with Gasteiger partial charge in [0.15, 0.2) is 0 Å². The normalized spacial score (nSPS) is 20.1. The second-order valence-electron chi connectivity index (χ2n) is 4.89. The summed E-state index contributed by atoms with van der Waals surface area (Å²) in [5.41, 5.74) is 3.70. The molecular formula is C13H18N2O. The lowest BCUT2D eigenvalue weighted by atomic mass is 10.2. The van der Waals surface area contributed by atoms with Gasteiger partial charge in [-0.05, 0) is 57.4 Å². The highest BCUT2D eigenvalue weighted by Crippen LogP contribution is 2.26. The molecule has 3 rings (SSSR count). The Morgan fingerprint density at radius 2 is 1.88 bits per heavy atom. The van der Waals surface area contributed by atoms with Gasteiger partial charge < -0.3 is 4.74 Å². The van der Waals surface area contributed by atoms with Crippen LogP contribution < -0.4 is 4.74 Å². The molecule has 0 saturated heterocycles. The van der Waals surface area contributed by atoms with E-state index in [0.717, 1.165) is 18.5 Å². The van der Waals surface area contributed by atoms with E-state index < -0.39 is 0 Å². The molecule has 0 amide bonds. The molecule has 3 nitrogen and oxygen atoms in total. The summed E-state index contributed by atoms with van der Waals surface area (Å²) in [4.78, 5) is 9.02. The minimum absolute atomic E-state index is 0.360. The van der Waals surface area contributed by atoms with Crippen LogP contribution >= 0.6 is 0 Å². The van der Waals surface area contributed by atoms with Crippen molar-refractivity contribution in [1.29, 1.82) is 0 Å². The molecule has 3 heteroatoms. The van der Waals surface area contributed by atoms with Gasteiger partial charge in [0, 0.05) is 5.69 Å². The quantitative estimate of drug-likeness (QED) is 0.765. The van der Waals surface area contributed by atoms with E-state index in [2.05, 4.69) is 16.9 Å². The third-order valence-corrected chi connectivity index (χ3v) is 3.69. The van der Waals surface area contributed by atoms with Gasteiger partial charge in [0.2, 0.25) is 0 Å². The van der Waals surface area contributed by atoms with Gasteiger partial charge in [-0.15, -0.1) is 0 Å². The molecule has 2 aliphatic rings. The number of aryl methyl sites for hydroxylation is 2. The Hall–Kier alpha value is -1.12. The molecule has 86 valence electrons. The van der Waals surface area contributed by atoms with Crippen LogP contribution in [0.5, 0.6) is 6.01 Å². The second kappa shape index (κ2) is 4.04. The molecule has 2 aliphatic carbocycles. The van der Waals surface area contributed by atoms with Crippen LogP contribution in [0.25, 0.3) is 0 Å². The summed E-state index contributed by atoms with van der Waals surface area (Å²) in [6, 6.07) is 0.616. The first-order chi connectivity index (χ1) is 7.83. The highest BCUT2D eigenvalue weighted by molar-refractivity contribution is 5.30. The van der Waals surface area contributed by atoms with E-state index in [-0.39, 0.29) is 0 Å². The molecule has 0 atom stereocenters. The average Bonchev–Trinajstić information content (AvgIpc) is 2.87. The van der Waals surface area contributed by atoms with Gasteiger partial charge in [0.1, 0.15) is 6.10 Å². The molecule has 0 aliphatic heterocycles. The molecule has 1 aromatic heterocycles. The van der Waals surface area contributed by atoms with Crippen molar-refractivity contribution in [2.75, 3.05) is 0 Å². The number of hydrogen-bond donors (Lipinski definition) is 0. The Labute approximate surface area is 96.3 Å². The van der Waals surface area contributed by atoms with E-state index in [4.69, 9.17) is 4.74 Å². The first-order valence-electron chi connectivity index (χ1n) is 6.36. The van der Waals surface area contributed by atoms with Crippen molar-refractivity contribution in [2.45, 2.75) is 58.0 Å². The Morgan fingerprint density at radius 3 is 2.69 bits per heavy atom. The lowest BCUT2D eigenvalue weighted by Gasteiger charge is -2.12. The van der Waals surface area contributed by atoms with E-state index >= 15 is 0 Å². The van der Waals surface area contributed by atoms with Crippen LogP contribution in [0.1, 0.15) is 49.1 Å². The summed E-state index contributed by atoms with van der Waals surface area (Å²) < 4.78 is 5.86. The maximum atomic E-state index is 5.86. The number of rotatable bonds is 2. The SMILES string of the molecule is Cc1nc(OC2CCCC2)nc2c1CCC2. The molecular weight excluding hydrogens is 200 g/mol. The van der Waals surface area contributed by atoms with E-state index in [0.29, 0.717) is 12.1 Å². The lowest BCUT2D eigenvalue weighted by Crippen LogP contribution is -2.14. The molecule has 0 aromatic carbocycles. The maximum Gasteiger partial charge on any atom is 0.317 e. The zero-order valence-corrected chi connectivity index (χ0v) is 9.83. The van der Waals surface area contributed by atoms with E-state index in [9.17, 15) is 0 Å². The van der Waals surface area contributed by atoms with Gasteiger partial charge >= 0.3 is 6.01 Å². The fourth-order valence-electron chi connectivity index (χ4n) is 2.80. The first-order valence-corrected chi connectivity index (χ1v) is 6.36. The summed E-state index contributed by atoms with van der Waals surface area (Å²) in [6.45, 7) is 2.08. The third kappa shape index (κ3) is 1.79. The van der Waals surface area contributed by atoms with Crippen LogP contribution in [0.2, 0.25) is 0 Å². The van der Waals surface area contributed by atoms with Crippen molar-refractivity contribution >= 4 is 0 Å². The summed E-state index contributed by atoms with van der Waals surface area (Å²) in [7, 11) is 0. The van der Waals surface area contributed by atoms with Crippen LogP contribution in [0.4, 0.5) is 0 Å². The minimum atomic E-state index is 0.360. The molecule has 1 heterocycles. The van der Waals surface area contributed by atoms with Crippen molar-refractivity contribution in [3.63, 3.8) is 0 Å². The Morgan fingerprint density at radius 1 is 1.06 bits per heavy atom. The van der Waals surface area contributed by atoms with Gasteiger partial charge in [0.05, 0.1) is 5.69 Å². The smallest absolute Gasteiger partial charge is 0.317 e. The van der Waals surface area contributed by atoms with Crippen molar-refractivity contribution in [3.05, 3.63) is 17.0 Å². The zero-order valence-electron chi connectivity index (χ0n) is 9.83. The van der Waals surface area contributed by atoms with Gasteiger partial charge in [-0.2, -0.15) is 4.98 Å². The molecule has 0 unspecified atom stereocenters. The van der Waals surface area contributed by atoms with E-state index in [1.165, 1.54) is 43.4 Å². The largest absolute Gasteiger partial charge is 0.460 e. The number of hydrogen-bond acceptors (Lipinski definition) is 3. The molecule has 1 saturated carbocycles. The number of fused-ring (bicyclic) bond motifs is 1. The summed E-state index contributed by atoms with van der Waals surface area (Å²) >= 11 is 0. The number of nitrogens with zero attached hydrogens (tertiary/aromatic N) is 2. The highest BCUT2D eigenvalue weighted by Gasteiger charge is 2.21. The molecule has 0 spiro atoms. The van der Waals surface area contributed by atoms with Crippen LogP contribution in [0.15, 0.2) is 0 Å². The highest BCUT2D eigenvalue weighted by atomic mass is 16.5. The van der Waals surface area contributed by atoms with Gasteiger partial charge in [0.25, 0.3) is 0 Å². The average molecular weight is 218 g/mol. The van der Waals surface area contributed by atoms with Crippen molar-refractivity contribution in [1.82, 2.24) is 9.97 Å². The predicted molar refractivity (Wildman–Crippen MR) is 61.7 cm³/mol. The standard InChI is InChI=1S/C13H18N2O/c1-9-11-7-4-8-12(11)15-13(14-9)16-10-5-2-3-6-10/h10H,2-8H2,1H3. The zero-order chi connectivity index (χ0) is 11.0. The van der Waals surface area contributed by atoms with E-state index in [1.807, 2.05) is 0 Å².